The molecule has 1 unspecified atom stereocenters. The monoisotopic (exact) mass is 648 g/mol. The molecule has 12 nitrogen and oxygen atoms in total. The highest BCUT2D eigenvalue weighted by Crippen LogP contribution is 2.42. The number of carbonyl (C=O) groups is 2. The predicted octanol–water partition coefficient (Wildman–Crippen LogP) is 4.57. The van der Waals surface area contributed by atoms with Gasteiger partial charge in [0.2, 0.25) is 5.82 Å². The zero-order valence-corrected chi connectivity index (χ0v) is 24.2. The van der Waals surface area contributed by atoms with Gasteiger partial charge in [0.25, 0.3) is 11.8 Å². The minimum absolute atomic E-state index is 0.0160. The first-order valence-electron chi connectivity index (χ1n) is 13.3. The van der Waals surface area contributed by atoms with Crippen LogP contribution in [0.5, 0.6) is 0 Å². The van der Waals surface area contributed by atoms with Gasteiger partial charge in [-0.1, -0.05) is 11.6 Å². The molecule has 18 heteroatoms. The minimum atomic E-state index is -5.98. The summed E-state index contributed by atoms with van der Waals surface area (Å²) >= 11 is 6.29. The predicted molar refractivity (Wildman–Crippen MR) is 147 cm³/mol. The molecular formula is C27H22ClF5N10O2. The lowest BCUT2D eigenvalue weighted by atomic mass is 10.0. The number of rotatable bonds is 9. The number of nitrogens with zero attached hydrogens (tertiary/aromatic N) is 8. The summed E-state index contributed by atoms with van der Waals surface area (Å²) in [5.74, 6) is -8.31. The molecule has 1 atom stereocenters. The zero-order valence-electron chi connectivity index (χ0n) is 23.4. The minimum Gasteiger partial charge on any atom is -0.349 e. The van der Waals surface area contributed by atoms with Crippen LogP contribution in [-0.4, -0.2) is 59.0 Å². The third-order valence-electron chi connectivity index (χ3n) is 7.05. The lowest BCUT2D eigenvalue weighted by Gasteiger charge is -2.18. The van der Waals surface area contributed by atoms with E-state index in [1.54, 1.807) is 6.92 Å². The summed E-state index contributed by atoms with van der Waals surface area (Å²) in [7, 11) is 0. The molecule has 0 radical (unpaired) electrons. The van der Waals surface area contributed by atoms with Gasteiger partial charge in [-0.3, -0.25) is 9.59 Å². The molecule has 0 spiro atoms. The number of carbonyl (C=O) groups excluding carboxylic acids is 2. The number of nitrogens with one attached hydrogen (secondary N) is 2. The van der Waals surface area contributed by atoms with Crippen LogP contribution in [0.2, 0.25) is 5.02 Å². The van der Waals surface area contributed by atoms with E-state index < -0.39 is 36.3 Å². The third kappa shape index (κ3) is 6.32. The van der Waals surface area contributed by atoms with Crippen molar-refractivity contribution in [3.8, 4) is 11.9 Å². The summed E-state index contributed by atoms with van der Waals surface area (Å²) in [6, 6.07) is 8.66. The lowest BCUT2D eigenvalue weighted by molar-refractivity contribution is -0.293. The second-order valence-electron chi connectivity index (χ2n) is 10.4. The molecule has 2 N–H and O–H groups in total. The van der Waals surface area contributed by atoms with Crippen molar-refractivity contribution in [2.45, 2.75) is 51.4 Å². The van der Waals surface area contributed by atoms with Gasteiger partial charge in [0.05, 0.1) is 40.1 Å². The number of pyridine rings is 1. The van der Waals surface area contributed by atoms with E-state index in [0.29, 0.717) is 11.5 Å². The van der Waals surface area contributed by atoms with Crippen LogP contribution in [0.3, 0.4) is 0 Å². The largest absolute Gasteiger partial charge is 0.461 e. The van der Waals surface area contributed by atoms with Gasteiger partial charge in [-0.15, -0.1) is 5.10 Å². The van der Waals surface area contributed by atoms with E-state index in [1.807, 2.05) is 13.0 Å². The molecule has 5 rings (SSSR count). The Bertz CT molecular complexity index is 1830. The van der Waals surface area contributed by atoms with Gasteiger partial charge < -0.3 is 10.6 Å². The maximum absolute atomic E-state index is 14.1. The van der Waals surface area contributed by atoms with Crippen LogP contribution in [0.4, 0.5) is 27.6 Å². The molecule has 1 aliphatic carbocycles. The number of hydrogen-bond acceptors (Lipinski definition) is 8. The molecule has 1 aromatic carbocycles. The first-order valence-corrected chi connectivity index (χ1v) is 13.7. The van der Waals surface area contributed by atoms with Gasteiger partial charge in [-0.2, -0.15) is 32.3 Å². The number of alkyl halides is 5. The second-order valence-corrected chi connectivity index (χ2v) is 10.8. The van der Waals surface area contributed by atoms with Crippen LogP contribution in [0, 0.1) is 24.2 Å². The number of amides is 2. The summed E-state index contributed by atoms with van der Waals surface area (Å²) in [6.45, 7) is 2.64. The van der Waals surface area contributed by atoms with Crippen molar-refractivity contribution in [3.63, 3.8) is 0 Å². The van der Waals surface area contributed by atoms with Crippen molar-refractivity contribution in [2.24, 2.45) is 5.92 Å². The number of anilines is 1. The van der Waals surface area contributed by atoms with Crippen LogP contribution in [0.25, 0.3) is 5.82 Å². The summed E-state index contributed by atoms with van der Waals surface area (Å²) in [4.78, 5) is 31.1. The number of hydrogen-bond donors (Lipinski definition) is 2. The number of halogens is 6. The molecule has 234 valence electrons. The highest BCUT2D eigenvalue weighted by Gasteiger charge is 2.62. The third-order valence-corrected chi connectivity index (χ3v) is 7.34. The molecule has 1 fully saturated rings. The molecule has 3 aromatic heterocycles. The Labute approximate surface area is 256 Å². The Kier molecular flexibility index (Phi) is 8.27. The normalized spacial score (nSPS) is 14.1. The highest BCUT2D eigenvalue weighted by atomic mass is 35.5. The van der Waals surface area contributed by atoms with E-state index in [9.17, 15) is 36.8 Å². The summed E-state index contributed by atoms with van der Waals surface area (Å²) in [5.41, 5.74) is 0.165. The van der Waals surface area contributed by atoms with Crippen molar-refractivity contribution in [1.82, 2.24) is 40.3 Å². The van der Waals surface area contributed by atoms with E-state index in [1.165, 1.54) is 30.5 Å². The first kappa shape index (κ1) is 31.4. The SMILES string of the molecule is Cc1cc(C#N)cc(C(=O)NC(C)C2CC2)c1NC(=O)c1cc(Cn2nnnc2C(F)(F)C(F)(F)F)nn1-c1ncccc1Cl. The molecule has 0 aliphatic heterocycles. The maximum Gasteiger partial charge on any atom is 0.461 e. The number of nitriles is 1. The fraction of sp³-hybridized carbons (Fsp3) is 0.333. The molecule has 0 bridgehead atoms. The van der Waals surface area contributed by atoms with Crippen LogP contribution >= 0.6 is 11.6 Å². The Morgan fingerprint density at radius 2 is 1.91 bits per heavy atom. The number of tetrazole rings is 1. The average Bonchev–Trinajstić information content (AvgIpc) is 3.59. The van der Waals surface area contributed by atoms with Crippen LogP contribution < -0.4 is 10.6 Å². The molecular weight excluding hydrogens is 627 g/mol. The first-order chi connectivity index (χ1) is 21.2. The molecule has 4 aromatic rings. The number of aryl methyl sites for hydroxylation is 1. The molecule has 0 saturated heterocycles. The van der Waals surface area contributed by atoms with E-state index in [2.05, 4.69) is 36.2 Å². The van der Waals surface area contributed by atoms with Gasteiger partial charge in [0.15, 0.2) is 5.82 Å². The van der Waals surface area contributed by atoms with E-state index in [0.717, 1.165) is 23.6 Å². The fourth-order valence-corrected chi connectivity index (χ4v) is 4.75. The molecule has 1 aliphatic rings. The summed E-state index contributed by atoms with van der Waals surface area (Å²) in [5, 5.41) is 28.3. The standard InChI is InChI=1S/C27H22ClF5N10O2/c1-13-8-15(11-34)9-18(23(44)36-14(2)16-5-6-16)21(13)37-24(45)20-10-17(39-43(20)22-19(28)4-3-7-35-22)12-42-25(38-40-41-42)26(29,30)27(31,32)33/h3-4,7-10,14,16H,5-6,12H2,1-2H3,(H,36,44)(H,37,45). The smallest absolute Gasteiger partial charge is 0.349 e. The Balaban J connectivity index is 1.53. The molecule has 45 heavy (non-hydrogen) atoms. The van der Waals surface area contributed by atoms with Gasteiger partial charge in [0, 0.05) is 12.2 Å². The number of benzene rings is 1. The van der Waals surface area contributed by atoms with Crippen molar-refractivity contribution in [2.75, 3.05) is 5.32 Å². The Morgan fingerprint density at radius 3 is 2.56 bits per heavy atom. The van der Waals surface area contributed by atoms with Crippen molar-refractivity contribution in [1.29, 1.82) is 5.26 Å². The van der Waals surface area contributed by atoms with E-state index >= 15 is 0 Å². The zero-order chi connectivity index (χ0) is 32.7. The number of aromatic nitrogens is 7. The summed E-state index contributed by atoms with van der Waals surface area (Å²) in [6.07, 6.45) is -2.72. The van der Waals surface area contributed by atoms with Crippen LogP contribution in [-0.2, 0) is 12.5 Å². The average molecular weight is 649 g/mol. The highest BCUT2D eigenvalue weighted by molar-refractivity contribution is 6.32. The van der Waals surface area contributed by atoms with E-state index in [-0.39, 0.29) is 49.8 Å². The van der Waals surface area contributed by atoms with Crippen molar-refractivity contribution < 1.29 is 31.5 Å². The topological polar surface area (TPSA) is 156 Å². The quantitative estimate of drug-likeness (QED) is 0.250. The van der Waals surface area contributed by atoms with Gasteiger partial charge >= 0.3 is 12.1 Å². The van der Waals surface area contributed by atoms with Crippen molar-refractivity contribution in [3.05, 3.63) is 75.5 Å². The molecule has 3 heterocycles. The fourth-order valence-electron chi connectivity index (χ4n) is 4.55. The molecule has 1 saturated carbocycles. The molecule has 2 amide bonds. The van der Waals surface area contributed by atoms with E-state index in [4.69, 9.17) is 11.6 Å². The van der Waals surface area contributed by atoms with Crippen LogP contribution in [0.1, 0.15) is 63.3 Å². The Morgan fingerprint density at radius 1 is 1.18 bits per heavy atom. The Hall–Kier alpha value is -4.98. The summed E-state index contributed by atoms with van der Waals surface area (Å²) < 4.78 is 68.5. The second kappa shape index (κ2) is 11.8. The van der Waals surface area contributed by atoms with Gasteiger partial charge in [-0.05, 0) is 78.9 Å². The lowest BCUT2D eigenvalue weighted by Crippen LogP contribution is -2.36. The maximum atomic E-state index is 14.1. The van der Waals surface area contributed by atoms with Crippen LogP contribution in [0.15, 0.2) is 36.5 Å². The van der Waals surface area contributed by atoms with Crippen molar-refractivity contribution >= 4 is 29.1 Å². The van der Waals surface area contributed by atoms with Gasteiger partial charge in [-0.25, -0.2) is 14.3 Å². The van der Waals surface area contributed by atoms with Gasteiger partial charge in [0.1, 0.15) is 5.69 Å².